The van der Waals surface area contributed by atoms with E-state index < -0.39 is 0 Å². The van der Waals surface area contributed by atoms with E-state index in [9.17, 15) is 4.79 Å². The Morgan fingerprint density at radius 2 is 2.09 bits per heavy atom. The number of hydrogen-bond acceptors (Lipinski definition) is 7. The normalized spacial score (nSPS) is 12.0. The lowest BCUT2D eigenvalue weighted by molar-refractivity contribution is -0.115. The van der Waals surface area contributed by atoms with Crippen molar-refractivity contribution in [2.75, 3.05) is 18.7 Å². The molecule has 23 heavy (non-hydrogen) atoms. The third-order valence-electron chi connectivity index (χ3n) is 2.95. The topological polar surface area (TPSA) is 64.1 Å². The summed E-state index contributed by atoms with van der Waals surface area (Å²) in [5.41, 5.74) is 1.48. The number of hydrogen-bond donors (Lipinski definition) is 1. The second-order valence-electron chi connectivity index (χ2n) is 4.59. The fourth-order valence-electron chi connectivity index (χ4n) is 1.70. The standard InChI is InChI=1S/C14H16ClN3O2S3/c1-7-5-10(11(20-3)6-9(7)15)16-12(19)8(2)22-14-18-17-13(21-4)23-14/h5-6,8H,1-4H3,(H,16,19)/t8-/m1/s1. The first-order valence-corrected chi connectivity index (χ1v) is 9.93. The highest BCUT2D eigenvalue weighted by Crippen LogP contribution is 2.33. The number of halogens is 1. The highest BCUT2D eigenvalue weighted by molar-refractivity contribution is 8.03. The Labute approximate surface area is 152 Å². The van der Waals surface area contributed by atoms with Gasteiger partial charge >= 0.3 is 0 Å². The average Bonchev–Trinajstić information content (AvgIpc) is 2.98. The summed E-state index contributed by atoms with van der Waals surface area (Å²) >= 11 is 10.5. The largest absolute Gasteiger partial charge is 0.495 e. The predicted octanol–water partition coefficient (Wildman–Crippen LogP) is 4.35. The van der Waals surface area contributed by atoms with Crippen molar-refractivity contribution >= 4 is 58.1 Å². The number of carbonyl (C=O) groups excluding carboxylic acids is 1. The minimum atomic E-state index is -0.307. The molecule has 0 bridgehead atoms. The molecule has 1 atom stereocenters. The fraction of sp³-hybridized carbons (Fsp3) is 0.357. The van der Waals surface area contributed by atoms with Gasteiger partial charge in [-0.3, -0.25) is 4.79 Å². The van der Waals surface area contributed by atoms with Crippen LogP contribution in [-0.2, 0) is 4.79 Å². The lowest BCUT2D eigenvalue weighted by Crippen LogP contribution is -2.22. The van der Waals surface area contributed by atoms with Crippen molar-refractivity contribution in [2.45, 2.75) is 27.8 Å². The van der Waals surface area contributed by atoms with Crippen molar-refractivity contribution in [3.05, 3.63) is 22.7 Å². The van der Waals surface area contributed by atoms with E-state index in [1.807, 2.05) is 20.1 Å². The van der Waals surface area contributed by atoms with Gasteiger partial charge in [-0.25, -0.2) is 0 Å². The highest BCUT2D eigenvalue weighted by atomic mass is 35.5. The maximum Gasteiger partial charge on any atom is 0.237 e. The number of amides is 1. The zero-order valence-corrected chi connectivity index (χ0v) is 16.3. The molecule has 0 saturated carbocycles. The predicted molar refractivity (Wildman–Crippen MR) is 98.4 cm³/mol. The number of nitrogens with zero attached hydrogens (tertiary/aromatic N) is 2. The first kappa shape index (κ1) is 18.4. The summed E-state index contributed by atoms with van der Waals surface area (Å²) in [6.07, 6.45) is 1.94. The highest BCUT2D eigenvalue weighted by Gasteiger charge is 2.19. The van der Waals surface area contributed by atoms with Crippen LogP contribution >= 0.6 is 46.5 Å². The third-order valence-corrected chi connectivity index (χ3v) is 6.44. The molecule has 0 spiro atoms. The zero-order valence-electron chi connectivity index (χ0n) is 13.0. The molecule has 0 aliphatic heterocycles. The molecule has 0 aliphatic rings. The molecular weight excluding hydrogens is 374 g/mol. The van der Waals surface area contributed by atoms with Crippen molar-refractivity contribution in [1.29, 1.82) is 0 Å². The van der Waals surface area contributed by atoms with Crippen molar-refractivity contribution in [3.8, 4) is 5.75 Å². The van der Waals surface area contributed by atoms with E-state index in [-0.39, 0.29) is 11.2 Å². The van der Waals surface area contributed by atoms with Crippen LogP contribution < -0.4 is 10.1 Å². The van der Waals surface area contributed by atoms with Gasteiger partial charge in [-0.15, -0.1) is 10.2 Å². The van der Waals surface area contributed by atoms with Crippen LogP contribution in [0.5, 0.6) is 5.75 Å². The Morgan fingerprint density at radius 1 is 1.39 bits per heavy atom. The lowest BCUT2D eigenvalue weighted by atomic mass is 10.2. The zero-order chi connectivity index (χ0) is 17.0. The van der Waals surface area contributed by atoms with Crippen LogP contribution in [0.2, 0.25) is 5.02 Å². The number of carbonyl (C=O) groups is 1. The maximum absolute atomic E-state index is 12.4. The number of rotatable bonds is 6. The summed E-state index contributed by atoms with van der Waals surface area (Å²) in [6, 6.07) is 3.49. The summed E-state index contributed by atoms with van der Waals surface area (Å²) in [7, 11) is 1.54. The number of methoxy groups -OCH3 is 1. The molecule has 1 amide bonds. The van der Waals surface area contributed by atoms with Gasteiger partial charge < -0.3 is 10.1 Å². The number of aromatic nitrogens is 2. The molecule has 1 aromatic heterocycles. The molecule has 0 unspecified atom stereocenters. The van der Waals surface area contributed by atoms with E-state index in [4.69, 9.17) is 16.3 Å². The van der Waals surface area contributed by atoms with Crippen LogP contribution in [0.1, 0.15) is 12.5 Å². The van der Waals surface area contributed by atoms with Crippen LogP contribution in [-0.4, -0.2) is 34.7 Å². The third kappa shape index (κ3) is 4.76. The van der Waals surface area contributed by atoms with Crippen LogP contribution in [0.25, 0.3) is 0 Å². The summed E-state index contributed by atoms with van der Waals surface area (Å²) in [5, 5.41) is 11.3. The summed E-state index contributed by atoms with van der Waals surface area (Å²) in [6.45, 7) is 3.70. The second kappa shape index (κ2) is 8.23. The first-order valence-electron chi connectivity index (χ1n) is 6.63. The van der Waals surface area contributed by atoms with Crippen molar-refractivity contribution < 1.29 is 9.53 Å². The van der Waals surface area contributed by atoms with Gasteiger partial charge in [0.25, 0.3) is 0 Å². The van der Waals surface area contributed by atoms with Gasteiger partial charge in [0, 0.05) is 11.1 Å². The van der Waals surface area contributed by atoms with Crippen LogP contribution in [0, 0.1) is 6.92 Å². The molecule has 1 N–H and O–H groups in total. The number of aryl methyl sites for hydroxylation is 1. The smallest absolute Gasteiger partial charge is 0.237 e. The van der Waals surface area contributed by atoms with Gasteiger partial charge in [0.15, 0.2) is 8.68 Å². The molecule has 1 heterocycles. The molecule has 1 aromatic carbocycles. The van der Waals surface area contributed by atoms with Gasteiger partial charge in [-0.2, -0.15) is 0 Å². The van der Waals surface area contributed by atoms with E-state index in [1.165, 1.54) is 34.9 Å². The van der Waals surface area contributed by atoms with Gasteiger partial charge in [0.1, 0.15) is 5.75 Å². The van der Waals surface area contributed by atoms with Gasteiger partial charge in [-0.05, 0) is 31.7 Å². The van der Waals surface area contributed by atoms with E-state index in [0.717, 1.165) is 14.2 Å². The second-order valence-corrected chi connectivity index (χ2v) is 8.62. The van der Waals surface area contributed by atoms with Crippen molar-refractivity contribution in [3.63, 3.8) is 0 Å². The van der Waals surface area contributed by atoms with Crippen molar-refractivity contribution in [2.24, 2.45) is 0 Å². The minimum Gasteiger partial charge on any atom is -0.495 e. The SMILES string of the molecule is COc1cc(Cl)c(C)cc1NC(=O)[C@@H](C)Sc1nnc(SC)s1. The van der Waals surface area contributed by atoms with Crippen LogP contribution in [0.3, 0.4) is 0 Å². The number of anilines is 1. The summed E-state index contributed by atoms with van der Waals surface area (Å²) in [4.78, 5) is 12.4. The number of ether oxygens (including phenoxy) is 1. The van der Waals surface area contributed by atoms with E-state index in [0.29, 0.717) is 16.5 Å². The molecule has 2 rings (SSSR count). The Bertz CT molecular complexity index is 709. The van der Waals surface area contributed by atoms with E-state index in [2.05, 4.69) is 15.5 Å². The van der Waals surface area contributed by atoms with Crippen LogP contribution in [0.15, 0.2) is 20.8 Å². The van der Waals surface area contributed by atoms with Crippen molar-refractivity contribution in [1.82, 2.24) is 10.2 Å². The molecule has 2 aromatic rings. The molecular formula is C14H16ClN3O2S3. The molecule has 0 fully saturated rings. The Hall–Kier alpha value is -0.960. The quantitative estimate of drug-likeness (QED) is 0.741. The summed E-state index contributed by atoms with van der Waals surface area (Å²) in [5.74, 6) is 0.405. The molecule has 9 heteroatoms. The molecule has 0 aliphatic carbocycles. The van der Waals surface area contributed by atoms with Crippen LogP contribution in [0.4, 0.5) is 5.69 Å². The summed E-state index contributed by atoms with van der Waals surface area (Å²) < 4.78 is 6.93. The number of benzene rings is 1. The molecule has 5 nitrogen and oxygen atoms in total. The Balaban J connectivity index is 2.07. The average molecular weight is 390 g/mol. The molecule has 0 saturated heterocycles. The first-order chi connectivity index (χ1) is 10.9. The van der Waals surface area contributed by atoms with Gasteiger partial charge in [-0.1, -0.05) is 46.5 Å². The minimum absolute atomic E-state index is 0.129. The van der Waals surface area contributed by atoms with Gasteiger partial charge in [0.05, 0.1) is 18.0 Å². The number of nitrogens with one attached hydrogen (secondary N) is 1. The maximum atomic E-state index is 12.4. The fourth-order valence-corrected chi connectivity index (χ4v) is 4.43. The van der Waals surface area contributed by atoms with E-state index in [1.54, 1.807) is 19.2 Å². The molecule has 0 radical (unpaired) electrons. The van der Waals surface area contributed by atoms with Gasteiger partial charge in [0.2, 0.25) is 5.91 Å². The monoisotopic (exact) mass is 389 g/mol. The molecule has 124 valence electrons. The van der Waals surface area contributed by atoms with E-state index >= 15 is 0 Å². The lowest BCUT2D eigenvalue weighted by Gasteiger charge is -2.14. The Kier molecular flexibility index (Phi) is 6.58. The Morgan fingerprint density at radius 3 is 2.70 bits per heavy atom. The number of thioether (sulfide) groups is 2.